The molecule has 0 unspecified atom stereocenters. The van der Waals surface area contributed by atoms with Gasteiger partial charge in [0.05, 0.1) is 16.0 Å². The van der Waals surface area contributed by atoms with Crippen molar-refractivity contribution < 1.29 is 13.2 Å². The molecule has 0 saturated carbocycles. The second-order valence-corrected chi connectivity index (χ2v) is 9.45. The van der Waals surface area contributed by atoms with Crippen LogP contribution in [0.25, 0.3) is 11.0 Å². The zero-order valence-electron chi connectivity index (χ0n) is 16.1. The van der Waals surface area contributed by atoms with Gasteiger partial charge in [-0.05, 0) is 60.9 Å². The van der Waals surface area contributed by atoms with Crippen molar-refractivity contribution in [2.75, 3.05) is 0 Å². The van der Waals surface area contributed by atoms with E-state index in [2.05, 4.69) is 15.2 Å². The minimum atomic E-state index is -3.66. The number of nitrogens with one attached hydrogen (secondary N) is 1. The first-order chi connectivity index (χ1) is 14.3. The van der Waals surface area contributed by atoms with E-state index >= 15 is 0 Å². The van der Waals surface area contributed by atoms with Crippen LogP contribution in [0.2, 0.25) is 5.02 Å². The topological polar surface area (TPSA) is 92.8 Å². The van der Waals surface area contributed by atoms with Crippen molar-refractivity contribution in [3.05, 3.63) is 82.6 Å². The molecule has 6 nitrogen and oxygen atoms in total. The van der Waals surface area contributed by atoms with Gasteiger partial charge in [-0.3, -0.25) is 9.89 Å². The lowest BCUT2D eigenvalue weighted by molar-refractivity contribution is 0.0982. The van der Waals surface area contributed by atoms with Crippen LogP contribution in [0.3, 0.4) is 0 Å². The summed E-state index contributed by atoms with van der Waals surface area (Å²) in [5.41, 5.74) is 2.82. The maximum atomic E-state index is 12.9. The highest BCUT2D eigenvalue weighted by Gasteiger charge is 2.18. The van der Waals surface area contributed by atoms with Crippen molar-refractivity contribution in [3.63, 3.8) is 0 Å². The Hall–Kier alpha value is -3.03. The first kappa shape index (κ1) is 20.3. The Labute approximate surface area is 178 Å². The third-order valence-corrected chi connectivity index (χ3v) is 6.78. The Balaban J connectivity index is 1.47. The lowest BCUT2D eigenvalue weighted by Crippen LogP contribution is -2.04. The number of Topliss-reactive ketones (excluding diaryl/α,β-unsaturated/α-hetero) is 1. The van der Waals surface area contributed by atoms with E-state index in [1.165, 1.54) is 12.3 Å². The first-order valence-corrected chi connectivity index (χ1v) is 11.1. The van der Waals surface area contributed by atoms with Crippen molar-refractivity contribution >= 4 is 38.3 Å². The Kier molecular flexibility index (Phi) is 5.40. The van der Waals surface area contributed by atoms with Gasteiger partial charge in [-0.25, -0.2) is 13.4 Å². The SMILES string of the molecule is Cc1cc(Cl)cc(S(=O)(=O)c2ccc(CCC(=O)c3cnc4[nH]ncc4c3)cc2)c1. The molecule has 0 aliphatic rings. The zero-order valence-corrected chi connectivity index (χ0v) is 17.7. The van der Waals surface area contributed by atoms with E-state index in [1.807, 2.05) is 0 Å². The molecule has 2 aromatic carbocycles. The van der Waals surface area contributed by atoms with Crippen LogP contribution in [0.15, 0.2) is 70.7 Å². The smallest absolute Gasteiger partial charge is 0.206 e. The minimum Gasteiger partial charge on any atom is -0.294 e. The Bertz CT molecular complexity index is 1330. The van der Waals surface area contributed by atoms with Gasteiger partial charge in [0.2, 0.25) is 9.84 Å². The highest BCUT2D eigenvalue weighted by atomic mass is 35.5. The molecule has 0 fully saturated rings. The molecule has 0 aliphatic heterocycles. The van der Waals surface area contributed by atoms with Crippen LogP contribution >= 0.6 is 11.6 Å². The van der Waals surface area contributed by atoms with E-state index in [0.717, 1.165) is 16.5 Å². The van der Waals surface area contributed by atoms with Gasteiger partial charge in [-0.1, -0.05) is 23.7 Å². The average Bonchev–Trinajstić information content (AvgIpc) is 3.19. The molecule has 0 atom stereocenters. The zero-order chi connectivity index (χ0) is 21.3. The van der Waals surface area contributed by atoms with E-state index in [4.69, 9.17) is 11.6 Å². The van der Waals surface area contributed by atoms with Crippen LogP contribution in [-0.4, -0.2) is 29.4 Å². The number of benzene rings is 2. The summed E-state index contributed by atoms with van der Waals surface area (Å²) in [6, 6.07) is 13.1. The van der Waals surface area contributed by atoms with Crippen molar-refractivity contribution in [1.29, 1.82) is 0 Å². The summed E-state index contributed by atoms with van der Waals surface area (Å²) in [5, 5.41) is 7.81. The van der Waals surface area contributed by atoms with Crippen molar-refractivity contribution in [1.82, 2.24) is 15.2 Å². The average molecular weight is 440 g/mol. The van der Waals surface area contributed by atoms with Gasteiger partial charge in [-0.15, -0.1) is 0 Å². The highest BCUT2D eigenvalue weighted by Crippen LogP contribution is 2.25. The fraction of sp³-hybridized carbons (Fsp3) is 0.136. The number of sulfone groups is 1. The number of halogens is 1. The van der Waals surface area contributed by atoms with E-state index in [-0.39, 0.29) is 15.6 Å². The number of aromatic nitrogens is 3. The number of aryl methyl sites for hydroxylation is 2. The number of pyridine rings is 1. The summed E-state index contributed by atoms with van der Waals surface area (Å²) in [7, 11) is -3.66. The third kappa shape index (κ3) is 4.13. The van der Waals surface area contributed by atoms with Crippen molar-refractivity contribution in [2.45, 2.75) is 29.6 Å². The lowest BCUT2D eigenvalue weighted by atomic mass is 10.0. The molecular weight excluding hydrogens is 422 g/mol. The van der Waals surface area contributed by atoms with E-state index in [0.29, 0.717) is 29.1 Å². The molecule has 30 heavy (non-hydrogen) atoms. The lowest BCUT2D eigenvalue weighted by Gasteiger charge is -2.08. The Morgan fingerprint density at radius 2 is 1.80 bits per heavy atom. The molecule has 4 aromatic rings. The van der Waals surface area contributed by atoms with Crippen LogP contribution in [0.1, 0.15) is 27.9 Å². The van der Waals surface area contributed by atoms with Gasteiger partial charge in [-0.2, -0.15) is 5.10 Å². The monoisotopic (exact) mass is 439 g/mol. The predicted octanol–water partition coefficient (Wildman–Crippen LogP) is 4.57. The molecule has 0 radical (unpaired) electrons. The predicted molar refractivity (Wildman–Crippen MR) is 115 cm³/mol. The van der Waals surface area contributed by atoms with Crippen molar-refractivity contribution in [3.8, 4) is 0 Å². The molecule has 0 amide bonds. The summed E-state index contributed by atoms with van der Waals surface area (Å²) in [6.07, 6.45) is 3.95. The van der Waals surface area contributed by atoms with Gasteiger partial charge in [0.15, 0.2) is 11.4 Å². The fourth-order valence-electron chi connectivity index (χ4n) is 3.22. The molecular formula is C22H18ClN3O3S. The maximum Gasteiger partial charge on any atom is 0.206 e. The molecule has 152 valence electrons. The Morgan fingerprint density at radius 1 is 1.03 bits per heavy atom. The highest BCUT2D eigenvalue weighted by molar-refractivity contribution is 7.91. The second-order valence-electron chi connectivity index (χ2n) is 7.07. The number of fused-ring (bicyclic) bond motifs is 1. The van der Waals surface area contributed by atoms with Crippen LogP contribution in [0.5, 0.6) is 0 Å². The second kappa shape index (κ2) is 8.01. The first-order valence-electron chi connectivity index (χ1n) is 9.26. The Morgan fingerprint density at radius 3 is 2.53 bits per heavy atom. The maximum absolute atomic E-state index is 12.9. The fourth-order valence-corrected chi connectivity index (χ4v) is 4.96. The number of nitrogens with zero attached hydrogens (tertiary/aromatic N) is 2. The third-order valence-electron chi connectivity index (χ3n) is 4.81. The number of aromatic amines is 1. The number of hydrogen-bond acceptors (Lipinski definition) is 5. The van der Waals surface area contributed by atoms with Crippen LogP contribution in [-0.2, 0) is 16.3 Å². The van der Waals surface area contributed by atoms with Gasteiger partial charge in [0.1, 0.15) is 0 Å². The summed E-state index contributed by atoms with van der Waals surface area (Å²) < 4.78 is 25.7. The molecule has 0 aliphatic carbocycles. The van der Waals surface area contributed by atoms with Gasteiger partial charge >= 0.3 is 0 Å². The summed E-state index contributed by atoms with van der Waals surface area (Å²) in [4.78, 5) is 17.0. The molecule has 2 aromatic heterocycles. The van der Waals surface area contributed by atoms with Crippen LogP contribution in [0.4, 0.5) is 0 Å². The minimum absolute atomic E-state index is 0.0308. The van der Waals surface area contributed by atoms with Gasteiger partial charge < -0.3 is 0 Å². The molecule has 4 rings (SSSR count). The quantitative estimate of drug-likeness (QED) is 0.444. The van der Waals surface area contributed by atoms with Crippen molar-refractivity contribution in [2.24, 2.45) is 0 Å². The molecule has 0 spiro atoms. The van der Waals surface area contributed by atoms with E-state index in [1.54, 1.807) is 55.6 Å². The van der Waals surface area contributed by atoms with Crippen LogP contribution < -0.4 is 0 Å². The number of carbonyl (C=O) groups is 1. The standard InChI is InChI=1S/C22H18ClN3O3S/c1-14-8-18(23)11-20(9-14)30(28,29)19-5-2-15(3-6-19)4-7-21(27)16-10-17-13-25-26-22(17)24-12-16/h2-3,5-6,8-13H,4,7H2,1H3,(H,24,25,26). The molecule has 1 N–H and O–H groups in total. The summed E-state index contributed by atoms with van der Waals surface area (Å²) in [6.45, 7) is 1.80. The van der Waals surface area contributed by atoms with E-state index in [9.17, 15) is 13.2 Å². The number of carbonyl (C=O) groups excluding carboxylic acids is 1. The number of rotatable bonds is 6. The van der Waals surface area contributed by atoms with Gasteiger partial charge in [0, 0.05) is 28.6 Å². The number of H-pyrrole nitrogens is 1. The molecule has 8 heteroatoms. The van der Waals surface area contributed by atoms with E-state index < -0.39 is 9.84 Å². The van der Waals surface area contributed by atoms with Crippen LogP contribution in [0, 0.1) is 6.92 Å². The molecule has 2 heterocycles. The normalized spacial score (nSPS) is 11.7. The number of hydrogen-bond donors (Lipinski definition) is 1. The summed E-state index contributed by atoms with van der Waals surface area (Å²) in [5.74, 6) is -0.0308. The van der Waals surface area contributed by atoms with Gasteiger partial charge in [0.25, 0.3) is 0 Å². The number of ketones is 1. The molecule has 0 saturated heterocycles. The summed E-state index contributed by atoms with van der Waals surface area (Å²) >= 11 is 6.01. The largest absolute Gasteiger partial charge is 0.294 e. The molecule has 0 bridgehead atoms.